The van der Waals surface area contributed by atoms with Crippen LogP contribution in [0, 0.1) is 0 Å². The lowest BCUT2D eigenvalue weighted by Gasteiger charge is -2.06. The Kier molecular flexibility index (Phi) is 4.01. The van der Waals surface area contributed by atoms with Gasteiger partial charge in [0, 0.05) is 25.9 Å². The zero-order valence-electron chi connectivity index (χ0n) is 8.88. The molecule has 7 nitrogen and oxygen atoms in total. The van der Waals surface area contributed by atoms with Crippen LogP contribution >= 0.6 is 0 Å². The Morgan fingerprint density at radius 3 is 2.88 bits per heavy atom. The van der Waals surface area contributed by atoms with Gasteiger partial charge in [-0.15, -0.1) is 0 Å². The maximum Gasteiger partial charge on any atom is 0.320 e. The highest BCUT2D eigenvalue weighted by Crippen LogP contribution is 2.03. The number of amides is 1. The Morgan fingerprint density at radius 1 is 1.69 bits per heavy atom. The van der Waals surface area contributed by atoms with Gasteiger partial charge in [-0.25, -0.2) is 4.98 Å². The third kappa shape index (κ3) is 3.35. The molecule has 1 amide bonds. The number of carboxylic acid groups (broad SMARTS) is 1. The van der Waals surface area contributed by atoms with Crippen LogP contribution in [0.1, 0.15) is 12.8 Å². The Balaban J connectivity index is 2.37. The van der Waals surface area contributed by atoms with Gasteiger partial charge in [-0.2, -0.15) is 0 Å². The first-order valence-electron chi connectivity index (χ1n) is 4.76. The molecule has 0 aromatic carbocycles. The summed E-state index contributed by atoms with van der Waals surface area (Å²) in [6.45, 7) is 0. The van der Waals surface area contributed by atoms with E-state index in [4.69, 9.17) is 10.8 Å². The molecule has 1 aromatic rings. The smallest absolute Gasteiger partial charge is 0.320 e. The predicted octanol–water partition coefficient (Wildman–Crippen LogP) is -0.449. The summed E-state index contributed by atoms with van der Waals surface area (Å²) in [5.41, 5.74) is 5.27. The third-order valence-electron chi connectivity index (χ3n) is 2.07. The monoisotopic (exact) mass is 226 g/mol. The quantitative estimate of drug-likeness (QED) is 0.629. The average molecular weight is 226 g/mol. The number of nitrogens with two attached hydrogens (primary N) is 1. The zero-order chi connectivity index (χ0) is 12.1. The Labute approximate surface area is 92.3 Å². The molecule has 1 aromatic heterocycles. The third-order valence-corrected chi connectivity index (χ3v) is 2.07. The van der Waals surface area contributed by atoms with Gasteiger partial charge < -0.3 is 15.4 Å². The van der Waals surface area contributed by atoms with Gasteiger partial charge in [-0.1, -0.05) is 0 Å². The van der Waals surface area contributed by atoms with Crippen LogP contribution in [0.25, 0.3) is 0 Å². The van der Waals surface area contributed by atoms with E-state index in [9.17, 15) is 9.59 Å². The summed E-state index contributed by atoms with van der Waals surface area (Å²) < 4.78 is 1.65. The van der Waals surface area contributed by atoms with Gasteiger partial charge in [-0.05, 0) is 6.42 Å². The van der Waals surface area contributed by atoms with Crippen LogP contribution in [0.15, 0.2) is 12.4 Å². The van der Waals surface area contributed by atoms with E-state index in [-0.39, 0.29) is 18.7 Å². The summed E-state index contributed by atoms with van der Waals surface area (Å²) >= 11 is 0. The van der Waals surface area contributed by atoms with Crippen molar-refractivity contribution < 1.29 is 14.7 Å². The molecule has 0 saturated carbocycles. The molecule has 1 atom stereocenters. The molecule has 16 heavy (non-hydrogen) atoms. The van der Waals surface area contributed by atoms with Crippen molar-refractivity contribution in [3.8, 4) is 0 Å². The Bertz CT molecular complexity index is 388. The lowest BCUT2D eigenvalue weighted by Crippen LogP contribution is -2.31. The summed E-state index contributed by atoms with van der Waals surface area (Å²) in [7, 11) is 1.74. The first kappa shape index (κ1) is 12.2. The molecule has 1 heterocycles. The van der Waals surface area contributed by atoms with Crippen molar-refractivity contribution in [3.63, 3.8) is 0 Å². The molecule has 0 unspecified atom stereocenters. The van der Waals surface area contributed by atoms with Crippen molar-refractivity contribution in [1.29, 1.82) is 0 Å². The fourth-order valence-corrected chi connectivity index (χ4v) is 1.08. The first-order chi connectivity index (χ1) is 7.50. The van der Waals surface area contributed by atoms with E-state index in [1.54, 1.807) is 24.0 Å². The highest BCUT2D eigenvalue weighted by atomic mass is 16.4. The van der Waals surface area contributed by atoms with Gasteiger partial charge in [0.15, 0.2) is 0 Å². The number of rotatable bonds is 5. The maximum atomic E-state index is 11.4. The van der Waals surface area contributed by atoms with Crippen molar-refractivity contribution >= 4 is 17.8 Å². The second-order valence-electron chi connectivity index (χ2n) is 3.39. The minimum absolute atomic E-state index is 0.0559. The summed E-state index contributed by atoms with van der Waals surface area (Å²) in [6.07, 6.45) is 3.41. The Hall–Kier alpha value is -1.89. The number of carbonyl (C=O) groups excluding carboxylic acids is 1. The molecule has 0 radical (unpaired) electrons. The number of carboxylic acids is 1. The van der Waals surface area contributed by atoms with E-state index in [1.165, 1.54) is 0 Å². The number of hydrogen-bond acceptors (Lipinski definition) is 4. The predicted molar refractivity (Wildman–Crippen MR) is 56.7 cm³/mol. The van der Waals surface area contributed by atoms with Crippen LogP contribution in [0.3, 0.4) is 0 Å². The number of nitrogens with zero attached hydrogens (tertiary/aromatic N) is 2. The van der Waals surface area contributed by atoms with E-state index in [1.807, 2.05) is 0 Å². The van der Waals surface area contributed by atoms with E-state index >= 15 is 0 Å². The fraction of sp³-hybridized carbons (Fsp3) is 0.444. The molecule has 0 bridgehead atoms. The fourth-order valence-electron chi connectivity index (χ4n) is 1.08. The first-order valence-corrected chi connectivity index (χ1v) is 4.76. The van der Waals surface area contributed by atoms with Crippen LogP contribution in [-0.4, -0.2) is 32.6 Å². The number of anilines is 1. The molecule has 88 valence electrons. The number of hydrogen-bond donors (Lipinski definition) is 3. The van der Waals surface area contributed by atoms with Crippen LogP contribution < -0.4 is 11.1 Å². The maximum absolute atomic E-state index is 11.4. The molecule has 1 rings (SSSR count). The standard InChI is InChI=1S/C9H14N4O3/c1-13-5-4-11-9(13)12-7(14)3-2-6(10)8(15)16/h4-6H,2-3,10H2,1H3,(H,15,16)(H,11,12,14)/t6-/m0/s1. The Morgan fingerprint density at radius 2 is 2.38 bits per heavy atom. The number of carbonyl (C=O) groups is 2. The van der Waals surface area contributed by atoms with Crippen molar-refractivity contribution in [2.24, 2.45) is 12.8 Å². The van der Waals surface area contributed by atoms with Crippen molar-refractivity contribution in [2.45, 2.75) is 18.9 Å². The molecule has 0 spiro atoms. The number of imidazole rings is 1. The van der Waals surface area contributed by atoms with E-state index in [2.05, 4.69) is 10.3 Å². The zero-order valence-corrected chi connectivity index (χ0v) is 8.88. The number of nitrogens with one attached hydrogen (secondary N) is 1. The SMILES string of the molecule is Cn1ccnc1NC(=O)CC[C@H](N)C(=O)O. The molecular formula is C9H14N4O3. The summed E-state index contributed by atoms with van der Waals surface area (Å²) in [5, 5.41) is 11.1. The molecule has 0 aliphatic rings. The highest BCUT2D eigenvalue weighted by Gasteiger charge is 2.14. The highest BCUT2D eigenvalue weighted by molar-refractivity contribution is 5.89. The van der Waals surface area contributed by atoms with E-state index in [0.717, 1.165) is 0 Å². The number of aryl methyl sites for hydroxylation is 1. The molecule has 0 aliphatic heterocycles. The molecule has 0 saturated heterocycles. The summed E-state index contributed by atoms with van der Waals surface area (Å²) in [5.74, 6) is -0.982. The van der Waals surface area contributed by atoms with Crippen LogP contribution in [0.4, 0.5) is 5.95 Å². The summed E-state index contributed by atoms with van der Waals surface area (Å²) in [6, 6.07) is -1.01. The molecule has 0 aliphatic carbocycles. The lowest BCUT2D eigenvalue weighted by atomic mass is 10.1. The lowest BCUT2D eigenvalue weighted by molar-refractivity contribution is -0.138. The second kappa shape index (κ2) is 5.26. The normalized spacial score (nSPS) is 12.1. The second-order valence-corrected chi connectivity index (χ2v) is 3.39. The molecule has 0 fully saturated rings. The van der Waals surface area contributed by atoms with Gasteiger partial charge in [0.1, 0.15) is 6.04 Å². The average Bonchev–Trinajstić information content (AvgIpc) is 2.60. The topological polar surface area (TPSA) is 110 Å². The molecular weight excluding hydrogens is 212 g/mol. The van der Waals surface area contributed by atoms with Gasteiger partial charge >= 0.3 is 5.97 Å². The van der Waals surface area contributed by atoms with Crippen LogP contribution in [-0.2, 0) is 16.6 Å². The molecule has 4 N–H and O–H groups in total. The van der Waals surface area contributed by atoms with Crippen molar-refractivity contribution in [2.75, 3.05) is 5.32 Å². The van der Waals surface area contributed by atoms with Crippen molar-refractivity contribution in [3.05, 3.63) is 12.4 Å². The van der Waals surface area contributed by atoms with Crippen LogP contribution in [0.5, 0.6) is 0 Å². The largest absolute Gasteiger partial charge is 0.480 e. The van der Waals surface area contributed by atoms with Crippen molar-refractivity contribution in [1.82, 2.24) is 9.55 Å². The minimum atomic E-state index is -1.11. The number of aromatic nitrogens is 2. The van der Waals surface area contributed by atoms with Gasteiger partial charge in [-0.3, -0.25) is 14.9 Å². The van der Waals surface area contributed by atoms with Crippen LogP contribution in [0.2, 0.25) is 0 Å². The van der Waals surface area contributed by atoms with Gasteiger partial charge in [0.25, 0.3) is 0 Å². The summed E-state index contributed by atoms with van der Waals surface area (Å²) in [4.78, 5) is 25.7. The van der Waals surface area contributed by atoms with E-state index in [0.29, 0.717) is 5.95 Å². The van der Waals surface area contributed by atoms with Gasteiger partial charge in [0.2, 0.25) is 11.9 Å². The van der Waals surface area contributed by atoms with E-state index < -0.39 is 12.0 Å². The minimum Gasteiger partial charge on any atom is -0.480 e. The number of aliphatic carboxylic acids is 1. The van der Waals surface area contributed by atoms with Gasteiger partial charge in [0.05, 0.1) is 0 Å². The molecule has 7 heteroatoms.